The molecule has 0 N–H and O–H groups in total. The van der Waals surface area contributed by atoms with Gasteiger partial charge >= 0.3 is 0 Å². The summed E-state index contributed by atoms with van der Waals surface area (Å²) < 4.78 is 2.25. The lowest BCUT2D eigenvalue weighted by Crippen LogP contribution is -2.32. The Balaban J connectivity index is 1.86. The lowest BCUT2D eigenvalue weighted by Gasteiger charge is -2.15. The molecule has 0 fully saturated rings. The highest BCUT2D eigenvalue weighted by atomic mass is 14.9. The number of rotatable bonds is 3. The van der Waals surface area contributed by atoms with Crippen molar-refractivity contribution >= 4 is 0 Å². The molecular formula is C23H22N+. The van der Waals surface area contributed by atoms with E-state index < -0.39 is 0 Å². The number of aromatic nitrogens is 1. The van der Waals surface area contributed by atoms with Crippen LogP contribution in [0.3, 0.4) is 0 Å². The zero-order valence-electron chi connectivity index (χ0n) is 14.5. The summed E-state index contributed by atoms with van der Waals surface area (Å²) in [7, 11) is 2.14. The fourth-order valence-corrected chi connectivity index (χ4v) is 3.42. The monoisotopic (exact) mass is 312 g/mol. The molecule has 1 aliphatic carbocycles. The Hall–Kier alpha value is -2.67. The summed E-state index contributed by atoms with van der Waals surface area (Å²) in [5, 5.41) is 0. The van der Waals surface area contributed by atoms with E-state index in [0.717, 1.165) is 0 Å². The second-order valence-corrected chi connectivity index (χ2v) is 6.89. The average molecular weight is 312 g/mol. The highest BCUT2D eigenvalue weighted by molar-refractivity contribution is 5.71. The van der Waals surface area contributed by atoms with Crippen molar-refractivity contribution in [2.75, 3.05) is 0 Å². The predicted octanol–water partition coefficient (Wildman–Crippen LogP) is 4.98. The van der Waals surface area contributed by atoms with Crippen molar-refractivity contribution in [2.45, 2.75) is 19.3 Å². The molecule has 1 heteroatoms. The van der Waals surface area contributed by atoms with Gasteiger partial charge in [0.15, 0.2) is 6.20 Å². The minimum absolute atomic E-state index is 0.121. The number of nitrogens with zero attached hydrogens (tertiary/aromatic N) is 1. The maximum Gasteiger partial charge on any atom is 0.212 e. The Labute approximate surface area is 143 Å². The lowest BCUT2D eigenvalue weighted by atomic mass is 9.89. The summed E-state index contributed by atoms with van der Waals surface area (Å²) >= 11 is 0. The standard InChI is InChI=1S/C23H22N/c1-17-15-22(19-11-7-8-12-21(19)23(2)13-14-23)24(3)16-20(17)18-9-5-4-6-10-18/h4-16H,1-3H3/q+1. The van der Waals surface area contributed by atoms with Crippen LogP contribution in [0.1, 0.15) is 18.1 Å². The molecule has 1 heterocycles. The average Bonchev–Trinajstić information content (AvgIpc) is 3.36. The maximum atomic E-state index is 2.31. The molecule has 0 spiro atoms. The van der Waals surface area contributed by atoms with E-state index in [-0.39, 0.29) is 5.41 Å². The van der Waals surface area contributed by atoms with E-state index in [1.54, 1.807) is 0 Å². The summed E-state index contributed by atoms with van der Waals surface area (Å²) in [6, 6.07) is 21.7. The van der Waals surface area contributed by atoms with Crippen LogP contribution < -0.4 is 4.57 Å². The molecule has 3 aromatic rings. The minimum atomic E-state index is 0.121. The Kier molecular flexibility index (Phi) is 3.38. The zero-order chi connectivity index (χ0) is 16.7. The van der Waals surface area contributed by atoms with Gasteiger partial charge in [-0.15, -0.1) is 0 Å². The van der Waals surface area contributed by atoms with Gasteiger partial charge in [-0.05, 0) is 36.6 Å². The van der Waals surface area contributed by atoms with Crippen LogP contribution in [0.2, 0.25) is 0 Å². The van der Waals surface area contributed by atoms with Gasteiger partial charge in [-0.25, -0.2) is 4.57 Å². The molecular weight excluding hydrogens is 290 g/mol. The SMILES string of the molecule is Cc1cc(-c2ccccc2C2(C)C=C2)[n+](C)cc1-c1ccccc1. The van der Waals surface area contributed by atoms with Gasteiger partial charge in [-0.3, -0.25) is 0 Å². The third kappa shape index (κ3) is 2.46. The molecule has 0 amide bonds. The van der Waals surface area contributed by atoms with Gasteiger partial charge in [0.05, 0.1) is 5.56 Å². The number of hydrogen-bond acceptors (Lipinski definition) is 0. The first-order valence-electron chi connectivity index (χ1n) is 8.44. The highest BCUT2D eigenvalue weighted by Gasteiger charge is 2.34. The summed E-state index contributed by atoms with van der Waals surface area (Å²) in [4.78, 5) is 0. The van der Waals surface area contributed by atoms with Crippen molar-refractivity contribution in [1.29, 1.82) is 0 Å². The van der Waals surface area contributed by atoms with E-state index in [2.05, 4.69) is 104 Å². The first kappa shape index (κ1) is 14.9. The van der Waals surface area contributed by atoms with E-state index in [1.807, 2.05) is 0 Å². The number of pyridine rings is 1. The van der Waals surface area contributed by atoms with Crippen LogP contribution in [0.5, 0.6) is 0 Å². The molecule has 0 saturated carbocycles. The fraction of sp³-hybridized carbons (Fsp3) is 0.174. The summed E-state index contributed by atoms with van der Waals surface area (Å²) in [5.41, 5.74) is 7.94. The third-order valence-corrected chi connectivity index (χ3v) is 5.02. The summed E-state index contributed by atoms with van der Waals surface area (Å²) in [6.45, 7) is 4.47. The number of allylic oxidation sites excluding steroid dienone is 2. The number of aryl methyl sites for hydroxylation is 2. The molecule has 24 heavy (non-hydrogen) atoms. The smallest absolute Gasteiger partial charge is 0.200 e. The normalized spacial score (nSPS) is 14.6. The first-order valence-corrected chi connectivity index (χ1v) is 8.44. The Morgan fingerprint density at radius 3 is 2.21 bits per heavy atom. The molecule has 2 aromatic carbocycles. The molecule has 1 nitrogen and oxygen atoms in total. The second-order valence-electron chi connectivity index (χ2n) is 6.89. The minimum Gasteiger partial charge on any atom is -0.200 e. The van der Waals surface area contributed by atoms with Crippen LogP contribution in [0.25, 0.3) is 22.4 Å². The summed E-state index contributed by atoms with van der Waals surface area (Å²) in [6.07, 6.45) is 6.80. The first-order chi connectivity index (χ1) is 11.6. The van der Waals surface area contributed by atoms with Crippen LogP contribution >= 0.6 is 0 Å². The predicted molar refractivity (Wildman–Crippen MR) is 99.7 cm³/mol. The Morgan fingerprint density at radius 1 is 0.833 bits per heavy atom. The topological polar surface area (TPSA) is 3.88 Å². The van der Waals surface area contributed by atoms with Gasteiger partial charge < -0.3 is 0 Å². The number of benzene rings is 2. The van der Waals surface area contributed by atoms with E-state index >= 15 is 0 Å². The van der Waals surface area contributed by atoms with Crippen LogP contribution in [0, 0.1) is 6.92 Å². The molecule has 0 saturated heterocycles. The van der Waals surface area contributed by atoms with Crippen LogP contribution in [0.15, 0.2) is 79.0 Å². The molecule has 0 bridgehead atoms. The van der Waals surface area contributed by atoms with Crippen LogP contribution in [-0.4, -0.2) is 0 Å². The molecule has 1 aromatic heterocycles. The molecule has 1 aliphatic rings. The lowest BCUT2D eigenvalue weighted by molar-refractivity contribution is -0.660. The molecule has 4 rings (SSSR count). The number of hydrogen-bond donors (Lipinski definition) is 0. The fourth-order valence-electron chi connectivity index (χ4n) is 3.42. The van der Waals surface area contributed by atoms with Crippen molar-refractivity contribution in [2.24, 2.45) is 7.05 Å². The third-order valence-electron chi connectivity index (χ3n) is 5.02. The van der Waals surface area contributed by atoms with E-state index in [0.29, 0.717) is 0 Å². The van der Waals surface area contributed by atoms with Gasteiger partial charge in [-0.1, -0.05) is 60.7 Å². The van der Waals surface area contributed by atoms with Gasteiger partial charge in [0, 0.05) is 17.0 Å². The van der Waals surface area contributed by atoms with E-state index in [1.165, 1.54) is 33.5 Å². The zero-order valence-corrected chi connectivity index (χ0v) is 14.5. The van der Waals surface area contributed by atoms with Crippen LogP contribution in [0.4, 0.5) is 0 Å². The van der Waals surface area contributed by atoms with E-state index in [9.17, 15) is 0 Å². The van der Waals surface area contributed by atoms with Crippen molar-refractivity contribution in [3.05, 3.63) is 90.1 Å². The Morgan fingerprint density at radius 2 is 1.50 bits per heavy atom. The summed E-state index contributed by atoms with van der Waals surface area (Å²) in [5.74, 6) is 0. The van der Waals surface area contributed by atoms with Gasteiger partial charge in [0.25, 0.3) is 0 Å². The largest absolute Gasteiger partial charge is 0.212 e. The highest BCUT2D eigenvalue weighted by Crippen LogP contribution is 2.42. The van der Waals surface area contributed by atoms with E-state index in [4.69, 9.17) is 0 Å². The molecule has 0 radical (unpaired) electrons. The van der Waals surface area contributed by atoms with Crippen molar-refractivity contribution < 1.29 is 4.57 Å². The maximum absolute atomic E-state index is 2.31. The molecule has 0 aliphatic heterocycles. The van der Waals surface area contributed by atoms with Gasteiger partial charge in [0.2, 0.25) is 5.69 Å². The van der Waals surface area contributed by atoms with Crippen molar-refractivity contribution in [3.63, 3.8) is 0 Å². The van der Waals surface area contributed by atoms with Gasteiger partial charge in [-0.2, -0.15) is 0 Å². The molecule has 0 atom stereocenters. The second kappa shape index (κ2) is 5.45. The quantitative estimate of drug-likeness (QED) is 0.474. The van der Waals surface area contributed by atoms with Crippen LogP contribution in [-0.2, 0) is 12.5 Å². The molecule has 118 valence electrons. The molecule has 0 unspecified atom stereocenters. The van der Waals surface area contributed by atoms with Crippen molar-refractivity contribution in [1.82, 2.24) is 0 Å². The Bertz CT molecular complexity index is 930. The van der Waals surface area contributed by atoms with Crippen molar-refractivity contribution in [3.8, 4) is 22.4 Å². The van der Waals surface area contributed by atoms with Gasteiger partial charge in [0.1, 0.15) is 7.05 Å².